The Morgan fingerprint density at radius 3 is 3.04 bits per heavy atom. The van der Waals surface area contributed by atoms with Gasteiger partial charge in [0.2, 0.25) is 0 Å². The Morgan fingerprint density at radius 1 is 1.39 bits per heavy atom. The molecule has 0 saturated carbocycles. The number of rotatable bonds is 6. The minimum Gasteiger partial charge on any atom is -0.383 e. The lowest BCUT2D eigenvalue weighted by molar-refractivity contribution is 0.0937. The van der Waals surface area contributed by atoms with Crippen LogP contribution < -0.4 is 5.32 Å². The van der Waals surface area contributed by atoms with E-state index in [2.05, 4.69) is 21.6 Å². The van der Waals surface area contributed by atoms with Gasteiger partial charge in [-0.05, 0) is 49.4 Å². The molecule has 0 fully saturated rings. The molecule has 1 amide bonds. The van der Waals surface area contributed by atoms with Crippen LogP contribution in [-0.4, -0.2) is 34.4 Å². The van der Waals surface area contributed by atoms with Gasteiger partial charge in [-0.15, -0.1) is 10.2 Å². The molecule has 1 N–H and O–H groups in total. The summed E-state index contributed by atoms with van der Waals surface area (Å²) >= 11 is 0. The van der Waals surface area contributed by atoms with Crippen LogP contribution in [0.4, 0.5) is 0 Å². The molecule has 0 aliphatic heterocycles. The molecule has 1 heterocycles. The van der Waals surface area contributed by atoms with Gasteiger partial charge in [-0.3, -0.25) is 4.79 Å². The predicted octanol–water partition coefficient (Wildman–Crippen LogP) is 1.90. The summed E-state index contributed by atoms with van der Waals surface area (Å²) in [7, 11) is 1.66. The molecule has 6 nitrogen and oxygen atoms in total. The monoisotopic (exact) mass is 314 g/mol. The Balaban J connectivity index is 1.69. The Kier molecular flexibility index (Phi) is 4.71. The molecular weight excluding hydrogens is 292 g/mol. The summed E-state index contributed by atoms with van der Waals surface area (Å²) in [6.45, 7) is 3.16. The Morgan fingerprint density at radius 2 is 2.22 bits per heavy atom. The summed E-state index contributed by atoms with van der Waals surface area (Å²) in [6.07, 6.45) is 5.03. The molecule has 3 rings (SSSR count). The number of hydrogen-bond acceptors (Lipinski definition) is 4. The van der Waals surface area contributed by atoms with Crippen LogP contribution in [0, 0.1) is 0 Å². The summed E-state index contributed by atoms with van der Waals surface area (Å²) in [5, 5.41) is 11.0. The maximum absolute atomic E-state index is 12.5. The Hall–Kier alpha value is -2.21. The van der Waals surface area contributed by atoms with Gasteiger partial charge in [-0.2, -0.15) is 0 Å². The van der Waals surface area contributed by atoms with E-state index in [0.29, 0.717) is 18.7 Å². The van der Waals surface area contributed by atoms with Crippen molar-refractivity contribution in [2.75, 3.05) is 13.7 Å². The number of hydrogen-bond donors (Lipinski definition) is 1. The molecular formula is C17H22N4O2. The topological polar surface area (TPSA) is 69.0 Å². The fourth-order valence-corrected chi connectivity index (χ4v) is 3.02. The van der Waals surface area contributed by atoms with Crippen molar-refractivity contribution in [1.82, 2.24) is 20.1 Å². The fourth-order valence-electron chi connectivity index (χ4n) is 3.02. The number of carbonyl (C=O) groups excluding carboxylic acids is 1. The van der Waals surface area contributed by atoms with E-state index in [-0.39, 0.29) is 11.9 Å². The third-order valence-corrected chi connectivity index (χ3v) is 4.28. The van der Waals surface area contributed by atoms with Crippen molar-refractivity contribution in [3.05, 3.63) is 47.0 Å². The number of aryl methyl sites for hydroxylation is 2. The number of benzene rings is 1. The van der Waals surface area contributed by atoms with E-state index in [0.717, 1.165) is 18.7 Å². The number of aromatic nitrogens is 3. The van der Waals surface area contributed by atoms with Crippen molar-refractivity contribution in [2.24, 2.45) is 0 Å². The van der Waals surface area contributed by atoms with Crippen LogP contribution in [0.3, 0.4) is 0 Å². The maximum atomic E-state index is 12.5. The number of nitrogens with zero attached hydrogens (tertiary/aromatic N) is 3. The highest BCUT2D eigenvalue weighted by Gasteiger charge is 2.18. The molecule has 0 radical (unpaired) electrons. The molecule has 0 spiro atoms. The zero-order valence-corrected chi connectivity index (χ0v) is 13.6. The van der Waals surface area contributed by atoms with Crippen LogP contribution in [0.1, 0.15) is 46.7 Å². The van der Waals surface area contributed by atoms with Gasteiger partial charge >= 0.3 is 0 Å². The predicted molar refractivity (Wildman–Crippen MR) is 86.2 cm³/mol. The highest BCUT2D eigenvalue weighted by molar-refractivity contribution is 5.94. The zero-order chi connectivity index (χ0) is 16.2. The molecule has 1 aliphatic rings. The second kappa shape index (κ2) is 6.91. The molecule has 1 aromatic carbocycles. The lowest BCUT2D eigenvalue weighted by Crippen LogP contribution is -2.29. The number of nitrogens with one attached hydrogen (secondary N) is 1. The molecule has 6 heteroatoms. The summed E-state index contributed by atoms with van der Waals surface area (Å²) in [6, 6.07) is 5.78. The molecule has 23 heavy (non-hydrogen) atoms. The average Bonchev–Trinajstić information content (AvgIpc) is 3.20. The summed E-state index contributed by atoms with van der Waals surface area (Å²) in [4.78, 5) is 12.5. The van der Waals surface area contributed by atoms with Gasteiger partial charge < -0.3 is 14.6 Å². The first-order chi connectivity index (χ1) is 11.2. The number of amides is 1. The zero-order valence-electron chi connectivity index (χ0n) is 13.6. The highest BCUT2D eigenvalue weighted by Crippen LogP contribution is 2.23. The van der Waals surface area contributed by atoms with E-state index >= 15 is 0 Å². The maximum Gasteiger partial charge on any atom is 0.251 e. The lowest BCUT2D eigenvalue weighted by atomic mass is 10.1. The molecule has 1 atom stereocenters. The highest BCUT2D eigenvalue weighted by atomic mass is 16.5. The normalized spacial score (nSPS) is 14.5. The van der Waals surface area contributed by atoms with E-state index in [1.807, 2.05) is 23.6 Å². The molecule has 1 aromatic heterocycles. The fraction of sp³-hybridized carbons (Fsp3) is 0.471. The van der Waals surface area contributed by atoms with Gasteiger partial charge in [0, 0.05) is 19.2 Å². The van der Waals surface area contributed by atoms with E-state index < -0.39 is 0 Å². The first-order valence-electron chi connectivity index (χ1n) is 7.98. The molecule has 1 aliphatic carbocycles. The van der Waals surface area contributed by atoms with Crippen LogP contribution in [0.5, 0.6) is 0 Å². The lowest BCUT2D eigenvalue weighted by Gasteiger charge is -2.15. The number of carbonyl (C=O) groups is 1. The largest absolute Gasteiger partial charge is 0.383 e. The first kappa shape index (κ1) is 15.7. The van der Waals surface area contributed by atoms with Crippen molar-refractivity contribution in [3.8, 4) is 0 Å². The third kappa shape index (κ3) is 3.42. The molecule has 0 unspecified atom stereocenters. The van der Waals surface area contributed by atoms with Crippen LogP contribution >= 0.6 is 0 Å². The van der Waals surface area contributed by atoms with Crippen LogP contribution in [0.15, 0.2) is 24.5 Å². The standard InChI is InChI=1S/C17H22N4O2/c1-12(16-20-18-11-21(16)8-9-23-2)19-17(22)15-7-6-13-4-3-5-14(13)10-15/h6-7,10-12H,3-5,8-9H2,1-2H3,(H,19,22)/t12-/m1/s1. The SMILES string of the molecule is COCCn1cnnc1[C@@H](C)NC(=O)c1ccc2c(c1)CCC2. The van der Waals surface area contributed by atoms with Crippen molar-refractivity contribution in [3.63, 3.8) is 0 Å². The number of ether oxygens (including phenoxy) is 1. The van der Waals surface area contributed by atoms with Gasteiger partial charge in [0.25, 0.3) is 5.91 Å². The minimum atomic E-state index is -0.213. The molecule has 0 saturated heterocycles. The number of methoxy groups -OCH3 is 1. The molecule has 2 aromatic rings. The van der Waals surface area contributed by atoms with Crippen molar-refractivity contribution >= 4 is 5.91 Å². The van der Waals surface area contributed by atoms with E-state index in [1.165, 1.54) is 17.5 Å². The van der Waals surface area contributed by atoms with Gasteiger partial charge in [-0.1, -0.05) is 6.07 Å². The summed E-state index contributed by atoms with van der Waals surface area (Å²) in [5.74, 6) is 0.657. The second-order valence-corrected chi connectivity index (χ2v) is 5.91. The molecule has 122 valence electrons. The Bertz CT molecular complexity index is 696. The smallest absolute Gasteiger partial charge is 0.251 e. The number of fused-ring (bicyclic) bond motifs is 1. The summed E-state index contributed by atoms with van der Waals surface area (Å²) < 4.78 is 6.98. The minimum absolute atomic E-state index is 0.0755. The average molecular weight is 314 g/mol. The van der Waals surface area contributed by atoms with Crippen LogP contribution in [-0.2, 0) is 24.1 Å². The van der Waals surface area contributed by atoms with Crippen molar-refractivity contribution < 1.29 is 9.53 Å². The van der Waals surface area contributed by atoms with E-state index in [4.69, 9.17) is 4.74 Å². The quantitative estimate of drug-likeness (QED) is 0.884. The second-order valence-electron chi connectivity index (χ2n) is 5.91. The third-order valence-electron chi connectivity index (χ3n) is 4.28. The van der Waals surface area contributed by atoms with E-state index in [9.17, 15) is 4.79 Å². The first-order valence-corrected chi connectivity index (χ1v) is 7.98. The summed E-state index contributed by atoms with van der Waals surface area (Å²) in [5.41, 5.74) is 3.38. The van der Waals surface area contributed by atoms with E-state index in [1.54, 1.807) is 13.4 Å². The van der Waals surface area contributed by atoms with Gasteiger partial charge in [0.15, 0.2) is 5.82 Å². The van der Waals surface area contributed by atoms with Gasteiger partial charge in [0.1, 0.15) is 6.33 Å². The van der Waals surface area contributed by atoms with Gasteiger partial charge in [-0.25, -0.2) is 0 Å². The van der Waals surface area contributed by atoms with Crippen LogP contribution in [0.25, 0.3) is 0 Å². The molecule has 0 bridgehead atoms. The van der Waals surface area contributed by atoms with Crippen molar-refractivity contribution in [2.45, 2.75) is 38.8 Å². The Labute approximate surface area is 135 Å². The van der Waals surface area contributed by atoms with Gasteiger partial charge in [0.05, 0.1) is 12.6 Å². The van der Waals surface area contributed by atoms with Crippen molar-refractivity contribution in [1.29, 1.82) is 0 Å². The van der Waals surface area contributed by atoms with Crippen LogP contribution in [0.2, 0.25) is 0 Å².